The molecule has 0 unspecified atom stereocenters. The Labute approximate surface area is 192 Å². The van der Waals surface area contributed by atoms with Gasteiger partial charge in [0.1, 0.15) is 0 Å². The Morgan fingerprint density at radius 1 is 1.17 bits per heavy atom. The van der Waals surface area contributed by atoms with Gasteiger partial charge in [0.05, 0.1) is 19.3 Å². The number of aliphatic imine (C=N–C) groups is 1. The highest BCUT2D eigenvalue weighted by Gasteiger charge is 2.43. The van der Waals surface area contributed by atoms with Crippen molar-refractivity contribution in [3.05, 3.63) is 35.4 Å². The first kappa shape index (κ1) is 22.8. The molecule has 1 aromatic rings. The topological polar surface area (TPSA) is 46.1 Å². The molecule has 0 atom stereocenters. The molecular formula is C23H36IN3O2. The Kier molecular flexibility index (Phi) is 8.62. The number of halogens is 1. The highest BCUT2D eigenvalue weighted by atomic mass is 127. The van der Waals surface area contributed by atoms with E-state index in [0.717, 1.165) is 51.6 Å². The van der Waals surface area contributed by atoms with Crippen molar-refractivity contribution in [3.63, 3.8) is 0 Å². The Morgan fingerprint density at radius 2 is 1.90 bits per heavy atom. The first-order valence-electron chi connectivity index (χ1n) is 11.1. The molecule has 3 aliphatic rings. The number of hydrogen-bond acceptors (Lipinski definition) is 3. The quantitative estimate of drug-likeness (QED) is 0.349. The van der Waals surface area contributed by atoms with Crippen LogP contribution in [0.2, 0.25) is 0 Å². The number of rotatable bonds is 6. The molecule has 1 aliphatic carbocycles. The molecule has 1 spiro atoms. The first-order valence-corrected chi connectivity index (χ1v) is 11.1. The van der Waals surface area contributed by atoms with Gasteiger partial charge in [-0.25, -0.2) is 4.99 Å². The molecule has 29 heavy (non-hydrogen) atoms. The number of nitrogens with one attached hydrogen (secondary N) is 1. The molecule has 5 nitrogen and oxygen atoms in total. The Bertz CT molecular complexity index is 655. The lowest BCUT2D eigenvalue weighted by atomic mass is 9.68. The van der Waals surface area contributed by atoms with Crippen molar-refractivity contribution in [1.82, 2.24) is 10.2 Å². The molecule has 2 saturated heterocycles. The monoisotopic (exact) mass is 513 g/mol. The first-order chi connectivity index (χ1) is 13.8. The normalized spacial score (nSPS) is 21.7. The van der Waals surface area contributed by atoms with Crippen LogP contribution in [0.5, 0.6) is 0 Å². The van der Waals surface area contributed by atoms with E-state index in [9.17, 15) is 0 Å². The van der Waals surface area contributed by atoms with E-state index in [1.165, 1.54) is 43.4 Å². The summed E-state index contributed by atoms with van der Waals surface area (Å²) in [5.41, 5.74) is 3.09. The third kappa shape index (κ3) is 6.07. The zero-order valence-electron chi connectivity index (χ0n) is 17.7. The molecule has 0 bridgehead atoms. The lowest BCUT2D eigenvalue weighted by molar-refractivity contribution is -0.0390. The van der Waals surface area contributed by atoms with Gasteiger partial charge in [-0.15, -0.1) is 24.0 Å². The van der Waals surface area contributed by atoms with Crippen molar-refractivity contribution in [2.45, 2.75) is 64.7 Å². The minimum atomic E-state index is 0. The van der Waals surface area contributed by atoms with E-state index < -0.39 is 0 Å². The van der Waals surface area contributed by atoms with Crippen LogP contribution in [0, 0.1) is 5.41 Å². The minimum Gasteiger partial charge on any atom is -0.381 e. The van der Waals surface area contributed by atoms with E-state index in [1.807, 2.05) is 0 Å². The van der Waals surface area contributed by atoms with Gasteiger partial charge in [-0.3, -0.25) is 0 Å². The molecular weight excluding hydrogens is 477 g/mol. The Balaban J connectivity index is 0.00000240. The fraction of sp³-hybridized carbons (Fsp3) is 0.696. The van der Waals surface area contributed by atoms with Gasteiger partial charge >= 0.3 is 0 Å². The van der Waals surface area contributed by atoms with Gasteiger partial charge in [0.2, 0.25) is 0 Å². The fourth-order valence-corrected chi connectivity index (χ4v) is 4.59. The molecule has 6 heteroatoms. The van der Waals surface area contributed by atoms with Crippen LogP contribution in [0.15, 0.2) is 29.3 Å². The summed E-state index contributed by atoms with van der Waals surface area (Å²) in [5, 5.41) is 3.49. The summed E-state index contributed by atoms with van der Waals surface area (Å²) in [6.45, 7) is 8.47. The van der Waals surface area contributed by atoms with Crippen LogP contribution in [0.1, 0.15) is 56.6 Å². The predicted octanol–water partition coefficient (Wildman–Crippen LogP) is 4.34. The minimum absolute atomic E-state index is 0. The van der Waals surface area contributed by atoms with E-state index >= 15 is 0 Å². The highest BCUT2D eigenvalue weighted by Crippen LogP contribution is 2.47. The molecule has 0 radical (unpaired) electrons. The van der Waals surface area contributed by atoms with Gasteiger partial charge < -0.3 is 19.7 Å². The molecule has 162 valence electrons. The molecule has 0 amide bonds. The zero-order chi connectivity index (χ0) is 19.2. The van der Waals surface area contributed by atoms with E-state index in [0.29, 0.717) is 18.1 Å². The molecule has 0 aromatic heterocycles. The molecule has 3 fully saturated rings. The molecule has 2 heterocycles. The molecule has 1 saturated carbocycles. The zero-order valence-corrected chi connectivity index (χ0v) is 20.0. The smallest absolute Gasteiger partial charge is 0.194 e. The Morgan fingerprint density at radius 3 is 2.52 bits per heavy atom. The number of nitrogens with zero attached hydrogens (tertiary/aromatic N) is 2. The molecule has 2 aliphatic heterocycles. The van der Waals surface area contributed by atoms with E-state index in [2.05, 4.69) is 41.4 Å². The number of likely N-dealkylation sites (tertiary alicyclic amines) is 1. The molecule has 4 rings (SSSR count). The summed E-state index contributed by atoms with van der Waals surface area (Å²) in [6, 6.07) is 8.73. The maximum Gasteiger partial charge on any atom is 0.194 e. The number of ether oxygens (including phenoxy) is 2. The molecule has 1 aromatic carbocycles. The van der Waals surface area contributed by atoms with Crippen LogP contribution in [0.25, 0.3) is 0 Å². The van der Waals surface area contributed by atoms with Crippen LogP contribution in [-0.4, -0.2) is 49.8 Å². The second-order valence-corrected chi connectivity index (χ2v) is 8.63. The van der Waals surface area contributed by atoms with Crippen molar-refractivity contribution >= 4 is 29.9 Å². The number of hydrogen-bond donors (Lipinski definition) is 1. The van der Waals surface area contributed by atoms with Gasteiger partial charge in [-0.2, -0.15) is 0 Å². The van der Waals surface area contributed by atoms with Crippen LogP contribution in [0.4, 0.5) is 0 Å². The second-order valence-electron chi connectivity index (χ2n) is 8.63. The average Bonchev–Trinajstić information content (AvgIpc) is 3.17. The summed E-state index contributed by atoms with van der Waals surface area (Å²) in [4.78, 5) is 7.40. The lowest BCUT2D eigenvalue weighted by Crippen LogP contribution is -2.42. The largest absolute Gasteiger partial charge is 0.381 e. The van der Waals surface area contributed by atoms with Crippen molar-refractivity contribution in [1.29, 1.82) is 0 Å². The van der Waals surface area contributed by atoms with E-state index in [1.54, 1.807) is 0 Å². The molecule has 1 N–H and O–H groups in total. The van der Waals surface area contributed by atoms with Gasteiger partial charge in [0.15, 0.2) is 5.96 Å². The van der Waals surface area contributed by atoms with Gasteiger partial charge in [-0.05, 0) is 55.6 Å². The van der Waals surface area contributed by atoms with E-state index in [-0.39, 0.29) is 24.0 Å². The average molecular weight is 513 g/mol. The van der Waals surface area contributed by atoms with Gasteiger partial charge in [0.25, 0.3) is 0 Å². The van der Waals surface area contributed by atoms with Crippen LogP contribution >= 0.6 is 24.0 Å². The highest BCUT2D eigenvalue weighted by molar-refractivity contribution is 14.0. The third-order valence-electron chi connectivity index (χ3n) is 6.58. The summed E-state index contributed by atoms with van der Waals surface area (Å²) in [5.74, 6) is 1.08. The van der Waals surface area contributed by atoms with Crippen LogP contribution in [0.3, 0.4) is 0 Å². The lowest BCUT2D eigenvalue weighted by Gasteiger charge is -2.38. The van der Waals surface area contributed by atoms with E-state index in [4.69, 9.17) is 14.5 Å². The number of guanidine groups is 1. The third-order valence-corrected chi connectivity index (χ3v) is 6.58. The maximum atomic E-state index is 6.02. The van der Waals surface area contributed by atoms with Crippen LogP contribution in [-0.2, 0) is 22.6 Å². The van der Waals surface area contributed by atoms with Gasteiger partial charge in [-0.1, -0.05) is 30.7 Å². The Hall–Kier alpha value is -0.860. The van der Waals surface area contributed by atoms with Crippen molar-refractivity contribution in [3.8, 4) is 0 Å². The summed E-state index contributed by atoms with van der Waals surface area (Å²) in [7, 11) is 0. The standard InChI is InChI=1S/C23H35N3O2.HI/c1-2-24-22(26-13-12-23(18-26)10-3-11-23)25-16-19-4-6-20(7-5-19)17-28-21-8-14-27-15-9-21;/h4-7,21H,2-3,8-18H2,1H3,(H,24,25);1H. The predicted molar refractivity (Wildman–Crippen MR) is 128 cm³/mol. The summed E-state index contributed by atoms with van der Waals surface area (Å²) >= 11 is 0. The maximum absolute atomic E-state index is 6.02. The number of benzene rings is 1. The summed E-state index contributed by atoms with van der Waals surface area (Å²) < 4.78 is 11.4. The van der Waals surface area contributed by atoms with Crippen LogP contribution < -0.4 is 5.32 Å². The SMILES string of the molecule is CCNC(=NCc1ccc(COC2CCOCC2)cc1)N1CCC2(CCC2)C1.I. The fourth-order valence-electron chi connectivity index (χ4n) is 4.59. The van der Waals surface area contributed by atoms with Gasteiger partial charge in [0, 0.05) is 32.8 Å². The van der Waals surface area contributed by atoms with Crippen molar-refractivity contribution in [2.75, 3.05) is 32.8 Å². The second kappa shape index (κ2) is 11.0. The van der Waals surface area contributed by atoms with Crippen molar-refractivity contribution in [2.24, 2.45) is 10.4 Å². The summed E-state index contributed by atoms with van der Waals surface area (Å²) in [6.07, 6.45) is 7.92. The van der Waals surface area contributed by atoms with Crippen molar-refractivity contribution < 1.29 is 9.47 Å².